The molecule has 34 heavy (non-hydrogen) atoms. The fourth-order valence-electron chi connectivity index (χ4n) is 3.00. The van der Waals surface area contributed by atoms with Crippen LogP contribution in [0.1, 0.15) is 28.4 Å². The van der Waals surface area contributed by atoms with E-state index in [9.17, 15) is 19.2 Å². The summed E-state index contributed by atoms with van der Waals surface area (Å²) in [6.45, 7) is 5.33. The van der Waals surface area contributed by atoms with Crippen molar-refractivity contribution in [2.24, 2.45) is 7.05 Å². The van der Waals surface area contributed by atoms with Gasteiger partial charge in [-0.15, -0.1) is 0 Å². The van der Waals surface area contributed by atoms with Crippen molar-refractivity contribution < 1.29 is 14.4 Å². The van der Waals surface area contributed by atoms with Crippen molar-refractivity contribution in [3.05, 3.63) is 75.7 Å². The smallest absolute Gasteiger partial charge is 0.266 e. The van der Waals surface area contributed by atoms with E-state index < -0.39 is 11.5 Å². The Bertz CT molecular complexity index is 1300. The quantitative estimate of drug-likeness (QED) is 0.353. The standard InChI is InChI=1S/C24H25N5O4S/c1-14-5-6-19(11-15(14)2)28-22(32)20-12-25-24(29(4)23(20)33)34-13-21(31)27-18-9-7-17(8-10-18)26-16(3)30/h5-12H,13H2,1-4H3,(H,26,30)(H,27,31)(H,28,32). The van der Waals surface area contributed by atoms with Crippen molar-refractivity contribution in [2.75, 3.05) is 21.7 Å². The van der Waals surface area contributed by atoms with Crippen LogP contribution in [-0.2, 0) is 16.6 Å². The molecule has 1 heterocycles. The van der Waals surface area contributed by atoms with Crippen LogP contribution < -0.4 is 21.5 Å². The number of benzene rings is 2. The van der Waals surface area contributed by atoms with Gasteiger partial charge in [0.1, 0.15) is 5.56 Å². The zero-order chi connectivity index (χ0) is 24.8. The van der Waals surface area contributed by atoms with Crippen LogP contribution in [0.25, 0.3) is 0 Å². The number of rotatable bonds is 7. The molecule has 3 rings (SSSR count). The van der Waals surface area contributed by atoms with Crippen LogP contribution in [0, 0.1) is 13.8 Å². The van der Waals surface area contributed by atoms with Gasteiger partial charge < -0.3 is 16.0 Å². The Balaban J connectivity index is 1.61. The molecule has 0 bridgehead atoms. The van der Waals surface area contributed by atoms with Crippen LogP contribution in [0.2, 0.25) is 0 Å². The van der Waals surface area contributed by atoms with Gasteiger partial charge in [-0.25, -0.2) is 4.98 Å². The van der Waals surface area contributed by atoms with E-state index in [0.29, 0.717) is 22.2 Å². The molecule has 3 N–H and O–H groups in total. The second-order valence-corrected chi connectivity index (χ2v) is 8.61. The van der Waals surface area contributed by atoms with Gasteiger partial charge in [-0.2, -0.15) is 0 Å². The maximum Gasteiger partial charge on any atom is 0.266 e. The Morgan fingerprint density at radius 3 is 2.15 bits per heavy atom. The molecule has 3 amide bonds. The van der Waals surface area contributed by atoms with E-state index in [0.717, 1.165) is 22.9 Å². The number of nitrogens with zero attached hydrogens (tertiary/aromatic N) is 2. The third-order valence-electron chi connectivity index (χ3n) is 4.96. The first-order valence-corrected chi connectivity index (χ1v) is 11.4. The van der Waals surface area contributed by atoms with E-state index in [1.54, 1.807) is 30.3 Å². The molecule has 176 valence electrons. The molecular weight excluding hydrogens is 454 g/mol. The first-order valence-electron chi connectivity index (χ1n) is 10.4. The fourth-order valence-corrected chi connectivity index (χ4v) is 3.74. The molecule has 0 fully saturated rings. The van der Waals surface area contributed by atoms with Gasteiger partial charge in [-0.05, 0) is 61.4 Å². The number of aromatic nitrogens is 2. The summed E-state index contributed by atoms with van der Waals surface area (Å²) in [5, 5.41) is 8.42. The minimum absolute atomic E-state index is 0.0158. The van der Waals surface area contributed by atoms with Crippen molar-refractivity contribution in [3.8, 4) is 0 Å². The first-order chi connectivity index (χ1) is 16.1. The predicted octanol–water partition coefficient (Wildman–Crippen LogP) is 3.34. The van der Waals surface area contributed by atoms with E-state index in [-0.39, 0.29) is 23.1 Å². The summed E-state index contributed by atoms with van der Waals surface area (Å²) in [5.74, 6) is -1.00. The molecule has 0 saturated carbocycles. The number of hydrogen-bond acceptors (Lipinski definition) is 6. The summed E-state index contributed by atoms with van der Waals surface area (Å²) in [6.07, 6.45) is 1.22. The van der Waals surface area contributed by atoms with E-state index >= 15 is 0 Å². The average molecular weight is 480 g/mol. The summed E-state index contributed by atoms with van der Waals surface area (Å²) in [6, 6.07) is 12.2. The zero-order valence-electron chi connectivity index (χ0n) is 19.3. The number of hydrogen-bond donors (Lipinski definition) is 3. The van der Waals surface area contributed by atoms with Crippen molar-refractivity contribution in [1.82, 2.24) is 9.55 Å². The maximum atomic E-state index is 12.7. The number of carbonyl (C=O) groups is 3. The normalized spacial score (nSPS) is 10.5. The molecule has 10 heteroatoms. The van der Waals surface area contributed by atoms with Crippen LogP contribution in [0.15, 0.2) is 58.6 Å². The molecule has 0 unspecified atom stereocenters. The lowest BCUT2D eigenvalue weighted by molar-refractivity contribution is -0.114. The molecule has 1 aromatic heterocycles. The van der Waals surface area contributed by atoms with Crippen LogP contribution >= 0.6 is 11.8 Å². The Kier molecular flexibility index (Phi) is 7.85. The number of carbonyl (C=O) groups excluding carboxylic acids is 3. The minimum Gasteiger partial charge on any atom is -0.326 e. The Morgan fingerprint density at radius 1 is 0.912 bits per heavy atom. The summed E-state index contributed by atoms with van der Waals surface area (Å²) in [7, 11) is 1.50. The molecule has 9 nitrogen and oxygen atoms in total. The highest BCUT2D eigenvalue weighted by Gasteiger charge is 2.16. The van der Waals surface area contributed by atoms with Gasteiger partial charge in [0.2, 0.25) is 11.8 Å². The molecule has 3 aromatic rings. The number of anilines is 3. The lowest BCUT2D eigenvalue weighted by Gasteiger charge is -2.11. The number of amides is 3. The highest BCUT2D eigenvalue weighted by Crippen LogP contribution is 2.17. The van der Waals surface area contributed by atoms with Gasteiger partial charge in [-0.1, -0.05) is 17.8 Å². The third-order valence-corrected chi connectivity index (χ3v) is 6.00. The van der Waals surface area contributed by atoms with Gasteiger partial charge in [-0.3, -0.25) is 23.7 Å². The predicted molar refractivity (Wildman–Crippen MR) is 133 cm³/mol. The zero-order valence-corrected chi connectivity index (χ0v) is 20.1. The molecule has 0 aliphatic rings. The number of aryl methyl sites for hydroxylation is 2. The minimum atomic E-state index is -0.548. The molecule has 0 aliphatic heterocycles. The van der Waals surface area contributed by atoms with Gasteiger partial charge in [0.15, 0.2) is 5.16 Å². The second-order valence-electron chi connectivity index (χ2n) is 7.67. The van der Waals surface area contributed by atoms with E-state index in [1.165, 1.54) is 24.7 Å². The average Bonchev–Trinajstić information content (AvgIpc) is 2.78. The van der Waals surface area contributed by atoms with Gasteiger partial charge in [0, 0.05) is 37.2 Å². The molecule has 2 aromatic carbocycles. The number of thioether (sulfide) groups is 1. The Hall–Kier alpha value is -3.92. The first kappa shape index (κ1) is 24.7. The summed E-state index contributed by atoms with van der Waals surface area (Å²) < 4.78 is 1.25. The van der Waals surface area contributed by atoms with E-state index in [4.69, 9.17) is 0 Å². The Labute approximate surface area is 201 Å². The maximum absolute atomic E-state index is 12.7. The van der Waals surface area contributed by atoms with Crippen molar-refractivity contribution in [3.63, 3.8) is 0 Å². The van der Waals surface area contributed by atoms with Crippen LogP contribution in [0.4, 0.5) is 17.1 Å². The molecule has 0 saturated heterocycles. The lowest BCUT2D eigenvalue weighted by atomic mass is 10.1. The fraction of sp³-hybridized carbons (Fsp3) is 0.208. The SMILES string of the molecule is CC(=O)Nc1ccc(NC(=O)CSc2ncc(C(=O)Nc3ccc(C)c(C)c3)c(=O)n2C)cc1. The largest absolute Gasteiger partial charge is 0.326 e. The van der Waals surface area contributed by atoms with Gasteiger partial charge in [0.05, 0.1) is 5.75 Å². The highest BCUT2D eigenvalue weighted by molar-refractivity contribution is 7.99. The lowest BCUT2D eigenvalue weighted by Crippen LogP contribution is -2.29. The van der Waals surface area contributed by atoms with Gasteiger partial charge >= 0.3 is 0 Å². The van der Waals surface area contributed by atoms with Crippen LogP contribution in [0.3, 0.4) is 0 Å². The summed E-state index contributed by atoms with van der Waals surface area (Å²) >= 11 is 1.08. The summed E-state index contributed by atoms with van der Waals surface area (Å²) in [5.41, 5.74) is 3.32. The topological polar surface area (TPSA) is 122 Å². The molecule has 0 atom stereocenters. The molecule has 0 aliphatic carbocycles. The highest BCUT2D eigenvalue weighted by atomic mass is 32.2. The monoisotopic (exact) mass is 479 g/mol. The van der Waals surface area contributed by atoms with Crippen molar-refractivity contribution in [2.45, 2.75) is 25.9 Å². The molecule has 0 spiro atoms. The second kappa shape index (κ2) is 10.8. The van der Waals surface area contributed by atoms with Crippen molar-refractivity contribution >= 4 is 46.5 Å². The van der Waals surface area contributed by atoms with Crippen LogP contribution in [-0.4, -0.2) is 33.0 Å². The number of nitrogens with one attached hydrogen (secondary N) is 3. The van der Waals surface area contributed by atoms with Crippen LogP contribution in [0.5, 0.6) is 0 Å². The van der Waals surface area contributed by atoms with E-state index in [2.05, 4.69) is 20.9 Å². The third kappa shape index (κ3) is 6.32. The molecule has 0 radical (unpaired) electrons. The summed E-state index contributed by atoms with van der Waals surface area (Å²) in [4.78, 5) is 52.9. The van der Waals surface area contributed by atoms with E-state index in [1.807, 2.05) is 26.0 Å². The molecular formula is C24H25N5O4S. The Morgan fingerprint density at radius 2 is 1.53 bits per heavy atom. The van der Waals surface area contributed by atoms with Crippen molar-refractivity contribution in [1.29, 1.82) is 0 Å². The van der Waals surface area contributed by atoms with Gasteiger partial charge in [0.25, 0.3) is 11.5 Å².